The number of aromatic hydroxyl groups is 1. The van der Waals surface area contributed by atoms with Gasteiger partial charge in [0.05, 0.1) is 47.8 Å². The summed E-state index contributed by atoms with van der Waals surface area (Å²) >= 11 is 10.4. The quantitative estimate of drug-likeness (QED) is 0.0510. The number of pyridine rings is 3. The number of nitrogens with one attached hydrogen (secondary N) is 2. The van der Waals surface area contributed by atoms with E-state index in [-0.39, 0.29) is 52.2 Å². The number of phenols is 1. The molecule has 8 rings (SSSR count). The zero-order valence-electron chi connectivity index (χ0n) is 52.0. The van der Waals surface area contributed by atoms with Gasteiger partial charge in [-0.25, -0.2) is 23.4 Å². The maximum absolute atomic E-state index is 15.3. The van der Waals surface area contributed by atoms with Gasteiger partial charge >= 0.3 is 36.6 Å². The predicted octanol–water partition coefficient (Wildman–Crippen LogP) is 18.2. The number of benzene rings is 3. The van der Waals surface area contributed by atoms with Gasteiger partial charge in [-0.1, -0.05) is 25.4 Å². The van der Waals surface area contributed by atoms with Crippen LogP contribution in [-0.4, -0.2) is 70.1 Å². The fraction of sp³-hybridized carbons (Fsp3) is 0.413. The number of anilines is 2. The Labute approximate surface area is 586 Å². The number of hydrogen-bond donors (Lipinski definition) is 3. The Balaban J connectivity index is 0.000000280. The molecule has 2 fully saturated rings. The summed E-state index contributed by atoms with van der Waals surface area (Å²) < 4.78 is 194. The Morgan fingerprint density at radius 2 is 0.990 bits per heavy atom. The minimum Gasteiger partial charge on any atom is -0.505 e. The number of alkyl halides is 12. The smallest absolute Gasteiger partial charge is 0.421 e. The molecule has 6 aromatic rings. The highest BCUT2D eigenvalue weighted by molar-refractivity contribution is 14.1. The molecule has 0 aliphatic heterocycles. The molecule has 3 aromatic heterocycles. The number of phenolic OH excluding ortho intramolecular Hbond substituents is 1. The van der Waals surface area contributed by atoms with E-state index in [1.165, 1.54) is 35.4 Å². The van der Waals surface area contributed by atoms with Crippen LogP contribution in [0.2, 0.25) is 5.15 Å². The Morgan fingerprint density at radius 1 is 0.562 bits per heavy atom. The molecule has 0 spiro atoms. The second-order valence-electron chi connectivity index (χ2n) is 22.3. The first kappa shape index (κ1) is 82.1. The molecule has 526 valence electrons. The molecule has 3 aromatic carbocycles. The molecule has 2 amide bonds. The van der Waals surface area contributed by atoms with Gasteiger partial charge in [-0.05, 0) is 207 Å². The van der Waals surface area contributed by atoms with Gasteiger partial charge in [0, 0.05) is 71.4 Å². The zero-order valence-corrected chi connectivity index (χ0v) is 59.2. The molecular formula is C63H63ClF14I3N5O10. The van der Waals surface area contributed by atoms with Gasteiger partial charge in [0.2, 0.25) is 11.8 Å². The Hall–Kier alpha value is -6.31. The summed E-state index contributed by atoms with van der Waals surface area (Å²) in [5.41, 5.74) is -6.59. The van der Waals surface area contributed by atoms with E-state index >= 15 is 4.39 Å². The van der Waals surface area contributed by atoms with Crippen molar-refractivity contribution in [2.45, 2.75) is 130 Å². The lowest BCUT2D eigenvalue weighted by atomic mass is 9.82. The van der Waals surface area contributed by atoms with Crippen molar-refractivity contribution in [3.8, 4) is 17.2 Å². The molecule has 2 saturated carbocycles. The van der Waals surface area contributed by atoms with Crippen molar-refractivity contribution in [1.29, 1.82) is 0 Å². The van der Waals surface area contributed by atoms with E-state index in [1.54, 1.807) is 81.6 Å². The third kappa shape index (κ3) is 23.4. The maximum Gasteiger partial charge on any atom is 0.421 e. The standard InChI is InChI=1S/C26H28F4INO4.C19H26FNO4.C6H2ClF3IN.C6H3F3INO.C6H4F3NO/c1-14(2)32(24(33)16-7-5-15(3)6-8-16)21-13-20(27)23(12-18(21)25(34)35-4)36-22-10-9-17(31)11-19(22)26(28,29)30;1-11(2)21(18(23)13-7-5-12(3)6-8-13)16-10-15(20)17(22)9-14(16)19(24)25-4;7-5-4(6(8,9)10)1-3(11)2-12-5;7-6(8,9)4-1-3(10)2-11-5(4)12;7-6(8,9)4-2-1-3-10-5(4)11/h9-16H,5-8H2,1-4H3;9-13,22H,5-8H2,1-4H3;1-2H;1-2H,(H,11,12);1-3H,(H,10,11). The summed E-state index contributed by atoms with van der Waals surface area (Å²) in [6.07, 6.45) is -7.95. The average Bonchev–Trinajstić information content (AvgIpc) is 0.786. The number of aromatic amines is 2. The number of rotatable bonds is 10. The molecule has 15 nitrogen and oxygen atoms in total. The van der Waals surface area contributed by atoms with Crippen LogP contribution in [0, 0.1) is 46.0 Å². The summed E-state index contributed by atoms with van der Waals surface area (Å²) in [6, 6.07) is 10.3. The average molecular weight is 1730 g/mol. The Bertz CT molecular complexity index is 3800. The molecule has 2 aliphatic rings. The summed E-state index contributed by atoms with van der Waals surface area (Å²) in [5, 5.41) is 9.11. The van der Waals surface area contributed by atoms with Gasteiger partial charge in [0.25, 0.3) is 11.1 Å². The highest BCUT2D eigenvalue weighted by Crippen LogP contribution is 2.43. The van der Waals surface area contributed by atoms with Gasteiger partial charge in [0.1, 0.15) is 22.0 Å². The molecule has 33 heteroatoms. The number of carbonyl (C=O) groups excluding carboxylic acids is 4. The second kappa shape index (κ2) is 35.5. The first-order valence-corrected chi connectivity index (χ1v) is 32.4. The number of ether oxygens (including phenoxy) is 3. The number of esters is 2. The summed E-state index contributed by atoms with van der Waals surface area (Å²) in [5.74, 6) is -4.96. The van der Waals surface area contributed by atoms with Crippen molar-refractivity contribution in [1.82, 2.24) is 15.0 Å². The highest BCUT2D eigenvalue weighted by Gasteiger charge is 2.39. The number of amides is 2. The van der Waals surface area contributed by atoms with Gasteiger partial charge in [-0.2, -0.15) is 52.7 Å². The second-order valence-corrected chi connectivity index (χ2v) is 26.4. The lowest BCUT2D eigenvalue weighted by Gasteiger charge is -2.34. The maximum atomic E-state index is 15.3. The molecule has 0 radical (unpaired) electrons. The fourth-order valence-electron chi connectivity index (χ4n) is 9.69. The molecular weight excluding hydrogens is 1670 g/mol. The molecule has 96 heavy (non-hydrogen) atoms. The SMILES string of the molecule is COC(=O)c1cc(O)c(F)cc1N(C(=O)C1CCC(C)CC1)C(C)C.COC(=O)c1cc(Oc2ccc(I)cc2C(F)(F)F)c(F)cc1N(C(=O)C1CCC(C)CC1)C(C)C.FC(F)(F)c1cc(I)cnc1Cl.O=c1[nH]cc(I)cc1C(F)(F)F.O=c1[nH]cccc1C(F)(F)F. The van der Waals surface area contributed by atoms with Gasteiger partial charge in [-0.15, -0.1) is 0 Å². The van der Waals surface area contributed by atoms with Crippen molar-refractivity contribution in [2.24, 2.45) is 23.7 Å². The van der Waals surface area contributed by atoms with Crippen LogP contribution in [0.3, 0.4) is 0 Å². The Morgan fingerprint density at radius 3 is 1.40 bits per heavy atom. The van der Waals surface area contributed by atoms with Crippen LogP contribution in [0.1, 0.15) is 136 Å². The van der Waals surface area contributed by atoms with Crippen molar-refractivity contribution in [3.05, 3.63) is 167 Å². The van der Waals surface area contributed by atoms with Crippen LogP contribution < -0.4 is 25.7 Å². The van der Waals surface area contributed by atoms with Gasteiger partial charge in [0.15, 0.2) is 23.1 Å². The summed E-state index contributed by atoms with van der Waals surface area (Å²) in [4.78, 5) is 82.6. The minimum atomic E-state index is -4.74. The van der Waals surface area contributed by atoms with Crippen molar-refractivity contribution < 1.29 is 100.0 Å². The third-order valence-corrected chi connectivity index (χ3v) is 16.7. The van der Waals surface area contributed by atoms with Gasteiger partial charge in [-0.3, -0.25) is 19.2 Å². The first-order chi connectivity index (χ1) is 44.4. The van der Waals surface area contributed by atoms with E-state index in [0.29, 0.717) is 35.4 Å². The predicted molar refractivity (Wildman–Crippen MR) is 353 cm³/mol. The van der Waals surface area contributed by atoms with Crippen LogP contribution in [0.25, 0.3) is 0 Å². The number of nitrogens with zero attached hydrogens (tertiary/aromatic N) is 3. The van der Waals surface area contributed by atoms with Gasteiger partial charge < -0.3 is 39.1 Å². The number of aromatic nitrogens is 3. The summed E-state index contributed by atoms with van der Waals surface area (Å²) in [6.45, 7) is 11.4. The summed E-state index contributed by atoms with van der Waals surface area (Å²) in [7, 11) is 2.33. The van der Waals surface area contributed by atoms with Crippen molar-refractivity contribution >= 4 is 115 Å². The third-order valence-electron chi connectivity index (χ3n) is 14.6. The minimum absolute atomic E-state index is 0.0102. The van der Waals surface area contributed by atoms with E-state index < -0.39 is 110 Å². The van der Waals surface area contributed by atoms with Crippen molar-refractivity contribution in [3.63, 3.8) is 0 Å². The topological polar surface area (TPSA) is 201 Å². The van der Waals surface area contributed by atoms with Crippen LogP contribution in [-0.2, 0) is 43.8 Å². The monoisotopic (exact) mass is 1730 g/mol. The highest BCUT2D eigenvalue weighted by atomic mass is 127. The molecule has 0 unspecified atom stereocenters. The number of carbonyl (C=O) groups is 4. The molecule has 0 atom stereocenters. The Kier molecular flexibility index (Phi) is 30.3. The van der Waals surface area contributed by atoms with E-state index in [4.69, 9.17) is 25.8 Å². The number of halogens is 18. The van der Waals surface area contributed by atoms with Crippen LogP contribution in [0.5, 0.6) is 17.2 Å². The van der Waals surface area contributed by atoms with E-state index in [9.17, 15) is 90.9 Å². The first-order valence-electron chi connectivity index (χ1n) is 28.7. The molecule has 2 aliphatic carbocycles. The molecule has 3 heterocycles. The largest absolute Gasteiger partial charge is 0.505 e. The fourth-order valence-corrected chi connectivity index (χ4v) is 11.3. The molecule has 0 bridgehead atoms. The number of hydrogen-bond acceptors (Lipinski definition) is 11. The number of methoxy groups -OCH3 is 2. The van der Waals surface area contributed by atoms with Crippen molar-refractivity contribution in [2.75, 3.05) is 24.0 Å². The van der Waals surface area contributed by atoms with Crippen LogP contribution >= 0.6 is 79.4 Å². The number of H-pyrrole nitrogens is 2. The van der Waals surface area contributed by atoms with E-state index in [2.05, 4.69) is 18.8 Å². The van der Waals surface area contributed by atoms with E-state index in [1.807, 2.05) is 23.8 Å². The molecule has 3 N–H and O–H groups in total. The lowest BCUT2D eigenvalue weighted by Crippen LogP contribution is -2.43. The van der Waals surface area contributed by atoms with E-state index in [0.717, 1.165) is 112 Å². The zero-order chi connectivity index (χ0) is 72.7. The normalized spacial score (nSPS) is 16.4. The van der Waals surface area contributed by atoms with Crippen LogP contribution in [0.15, 0.2) is 94.9 Å². The lowest BCUT2D eigenvalue weighted by molar-refractivity contribution is -0.139. The molecule has 0 saturated heterocycles. The van der Waals surface area contributed by atoms with Crippen LogP contribution in [0.4, 0.5) is 72.8 Å².